The van der Waals surface area contributed by atoms with Crippen LogP contribution in [0.1, 0.15) is 23.1 Å². The Hall–Kier alpha value is -4.05. The van der Waals surface area contributed by atoms with E-state index in [0.717, 1.165) is 53.6 Å². The molecule has 0 fully saturated rings. The molecule has 0 spiro atoms. The van der Waals surface area contributed by atoms with Crippen LogP contribution >= 0.6 is 11.5 Å². The summed E-state index contributed by atoms with van der Waals surface area (Å²) < 4.78 is 16.1. The average Bonchev–Trinajstić information content (AvgIpc) is 3.36. The third-order valence-corrected chi connectivity index (χ3v) is 5.96. The number of anilines is 1. The summed E-state index contributed by atoms with van der Waals surface area (Å²) in [4.78, 5) is 17.7. The van der Waals surface area contributed by atoms with Crippen molar-refractivity contribution in [2.24, 2.45) is 4.99 Å². The lowest BCUT2D eigenvalue weighted by Gasteiger charge is -2.18. The van der Waals surface area contributed by atoms with Gasteiger partial charge in [0.1, 0.15) is 18.1 Å². The summed E-state index contributed by atoms with van der Waals surface area (Å²) >= 11 is 1.17. The van der Waals surface area contributed by atoms with Gasteiger partial charge in [-0.25, -0.2) is 9.97 Å². The van der Waals surface area contributed by atoms with E-state index in [9.17, 15) is 0 Å². The van der Waals surface area contributed by atoms with Gasteiger partial charge in [0, 0.05) is 30.3 Å². The standard InChI is InChI=1S/C25H25N7O2S/c1-16-12-21(17(2)11-19(16)30-24-26-9-6-10-27-24)34-25-31-23(32-35-25)20-13-29-22(14-28-20)33-15-18-7-4-3-5-8-18/h3-5,7-8,11-14H,6,9-10,15H2,1-2H3,(H2,26,27,30). The number of aryl methyl sites for hydroxylation is 2. The predicted octanol–water partition coefficient (Wildman–Crippen LogP) is 4.74. The van der Waals surface area contributed by atoms with Crippen LogP contribution in [0.3, 0.4) is 0 Å². The van der Waals surface area contributed by atoms with Crippen molar-refractivity contribution in [3.05, 3.63) is 71.5 Å². The number of ether oxygens (including phenoxy) is 2. The second-order valence-corrected chi connectivity index (χ2v) is 8.78. The van der Waals surface area contributed by atoms with Gasteiger partial charge in [-0.05, 0) is 49.1 Å². The number of nitrogens with zero attached hydrogens (tertiary/aromatic N) is 5. The first-order valence-corrected chi connectivity index (χ1v) is 12.1. The van der Waals surface area contributed by atoms with E-state index in [1.54, 1.807) is 12.4 Å². The van der Waals surface area contributed by atoms with Gasteiger partial charge in [-0.2, -0.15) is 9.36 Å². The van der Waals surface area contributed by atoms with Gasteiger partial charge in [0.15, 0.2) is 11.8 Å². The molecule has 0 aliphatic carbocycles. The lowest BCUT2D eigenvalue weighted by atomic mass is 10.1. The summed E-state index contributed by atoms with van der Waals surface area (Å²) in [6.45, 7) is 6.22. The van der Waals surface area contributed by atoms with E-state index in [-0.39, 0.29) is 0 Å². The van der Waals surface area contributed by atoms with Crippen LogP contribution in [0.15, 0.2) is 59.9 Å². The molecule has 0 unspecified atom stereocenters. The zero-order valence-corrected chi connectivity index (χ0v) is 20.3. The van der Waals surface area contributed by atoms with Gasteiger partial charge in [-0.15, -0.1) is 0 Å². The molecule has 3 heterocycles. The van der Waals surface area contributed by atoms with Gasteiger partial charge in [-0.3, -0.25) is 4.99 Å². The fourth-order valence-electron chi connectivity index (χ4n) is 3.47. The fourth-order valence-corrected chi connectivity index (χ4v) is 4.02. The molecule has 2 aromatic heterocycles. The van der Waals surface area contributed by atoms with Crippen molar-refractivity contribution in [1.29, 1.82) is 0 Å². The quantitative estimate of drug-likeness (QED) is 0.385. The van der Waals surface area contributed by atoms with Gasteiger partial charge >= 0.3 is 0 Å². The molecule has 5 rings (SSSR count). The first kappa shape index (κ1) is 22.7. The van der Waals surface area contributed by atoms with Crippen LogP contribution in [0.5, 0.6) is 16.8 Å². The van der Waals surface area contributed by atoms with Crippen LogP contribution in [0.2, 0.25) is 0 Å². The number of aromatic nitrogens is 4. The molecule has 10 heteroatoms. The van der Waals surface area contributed by atoms with Crippen molar-refractivity contribution in [3.63, 3.8) is 0 Å². The first-order valence-electron chi connectivity index (χ1n) is 11.3. The van der Waals surface area contributed by atoms with Crippen LogP contribution in [0, 0.1) is 13.8 Å². The van der Waals surface area contributed by atoms with Gasteiger partial charge in [-0.1, -0.05) is 30.3 Å². The smallest absolute Gasteiger partial charge is 0.299 e. The minimum Gasteiger partial charge on any atom is -0.472 e. The summed E-state index contributed by atoms with van der Waals surface area (Å²) in [5.74, 6) is 2.43. The molecule has 0 saturated heterocycles. The van der Waals surface area contributed by atoms with Crippen molar-refractivity contribution in [1.82, 2.24) is 24.6 Å². The molecule has 0 saturated carbocycles. The zero-order valence-electron chi connectivity index (χ0n) is 19.5. The second-order valence-electron chi connectivity index (χ2n) is 8.07. The molecule has 0 amide bonds. The largest absolute Gasteiger partial charge is 0.472 e. The third kappa shape index (κ3) is 5.72. The summed E-state index contributed by atoms with van der Waals surface area (Å²) in [7, 11) is 0. The Labute approximate surface area is 207 Å². The van der Waals surface area contributed by atoms with E-state index >= 15 is 0 Å². The lowest BCUT2D eigenvalue weighted by Crippen LogP contribution is -2.35. The molecule has 1 aliphatic rings. The Morgan fingerprint density at radius 3 is 2.71 bits per heavy atom. The maximum absolute atomic E-state index is 6.05. The minimum atomic E-state index is 0.430. The van der Waals surface area contributed by atoms with Crippen LogP contribution in [0.4, 0.5) is 5.69 Å². The number of guanidine groups is 1. The molecule has 1 aliphatic heterocycles. The highest BCUT2D eigenvalue weighted by molar-refractivity contribution is 7.07. The van der Waals surface area contributed by atoms with Crippen LogP contribution in [-0.2, 0) is 6.61 Å². The molecular weight excluding hydrogens is 462 g/mol. The van der Waals surface area contributed by atoms with Crippen molar-refractivity contribution >= 4 is 23.2 Å². The van der Waals surface area contributed by atoms with Crippen LogP contribution < -0.4 is 20.1 Å². The predicted molar refractivity (Wildman–Crippen MR) is 136 cm³/mol. The van der Waals surface area contributed by atoms with Gasteiger partial charge in [0.2, 0.25) is 5.88 Å². The molecular formula is C25H25N7O2S. The number of rotatable bonds is 7. The van der Waals surface area contributed by atoms with Crippen molar-refractivity contribution in [2.75, 3.05) is 18.4 Å². The van der Waals surface area contributed by atoms with E-state index in [2.05, 4.69) is 35.0 Å². The molecule has 178 valence electrons. The molecule has 4 aromatic rings. The summed E-state index contributed by atoms with van der Waals surface area (Å²) in [5.41, 5.74) is 4.63. The summed E-state index contributed by atoms with van der Waals surface area (Å²) in [5, 5.41) is 7.08. The molecule has 0 atom stereocenters. The highest BCUT2D eigenvalue weighted by Crippen LogP contribution is 2.32. The van der Waals surface area contributed by atoms with Gasteiger partial charge < -0.3 is 20.1 Å². The van der Waals surface area contributed by atoms with Crippen LogP contribution in [-0.4, -0.2) is 38.4 Å². The normalized spacial score (nSPS) is 13.0. The monoisotopic (exact) mass is 487 g/mol. The van der Waals surface area contributed by atoms with Crippen molar-refractivity contribution in [3.8, 4) is 28.3 Å². The number of aliphatic imine (C=N–C) groups is 1. The fraction of sp³-hybridized carbons (Fsp3) is 0.240. The van der Waals surface area contributed by atoms with E-state index in [0.29, 0.717) is 29.2 Å². The number of hydrogen-bond acceptors (Lipinski definition) is 10. The maximum atomic E-state index is 6.05. The average molecular weight is 488 g/mol. The molecule has 2 N–H and O–H groups in total. The van der Waals surface area contributed by atoms with Gasteiger partial charge in [0.25, 0.3) is 5.19 Å². The van der Waals surface area contributed by atoms with Crippen molar-refractivity contribution < 1.29 is 9.47 Å². The number of hydrogen-bond donors (Lipinski definition) is 2. The highest BCUT2D eigenvalue weighted by atomic mass is 32.1. The Kier molecular flexibility index (Phi) is 6.80. The zero-order chi connectivity index (χ0) is 24.0. The number of benzene rings is 2. The SMILES string of the molecule is Cc1cc(Oc2nc(-c3cnc(OCc4ccccc4)cn3)ns2)c(C)cc1NC1=NCCCN1. The van der Waals surface area contributed by atoms with Crippen molar-refractivity contribution in [2.45, 2.75) is 26.9 Å². The highest BCUT2D eigenvalue weighted by Gasteiger charge is 2.14. The Balaban J connectivity index is 1.23. The number of nitrogens with one attached hydrogen (secondary N) is 2. The Morgan fingerprint density at radius 1 is 1.06 bits per heavy atom. The Bertz CT molecular complexity index is 1320. The van der Waals surface area contributed by atoms with E-state index in [1.165, 1.54) is 11.5 Å². The van der Waals surface area contributed by atoms with Gasteiger partial charge in [0.05, 0.1) is 12.4 Å². The van der Waals surface area contributed by atoms with Crippen LogP contribution in [0.25, 0.3) is 11.5 Å². The Morgan fingerprint density at radius 2 is 1.94 bits per heavy atom. The summed E-state index contributed by atoms with van der Waals surface area (Å²) in [6, 6.07) is 13.9. The maximum Gasteiger partial charge on any atom is 0.299 e. The van der Waals surface area contributed by atoms with E-state index < -0.39 is 0 Å². The van der Waals surface area contributed by atoms with E-state index in [1.807, 2.05) is 56.3 Å². The molecule has 9 nitrogen and oxygen atoms in total. The molecule has 35 heavy (non-hydrogen) atoms. The minimum absolute atomic E-state index is 0.430. The molecule has 0 bridgehead atoms. The molecule has 2 aromatic carbocycles. The molecule has 0 radical (unpaired) electrons. The second kappa shape index (κ2) is 10.5. The third-order valence-electron chi connectivity index (χ3n) is 5.36. The lowest BCUT2D eigenvalue weighted by molar-refractivity contribution is 0.292. The first-order chi connectivity index (χ1) is 17.1. The van der Waals surface area contributed by atoms with E-state index in [4.69, 9.17) is 9.47 Å². The summed E-state index contributed by atoms with van der Waals surface area (Å²) in [6.07, 6.45) is 4.23. The topological polar surface area (TPSA) is 106 Å².